The topological polar surface area (TPSA) is 65.5 Å². The molecular formula is C17H15ClFNO4. The minimum Gasteiger partial charge on any atom is -0.494 e. The molecule has 7 heteroatoms. The molecule has 2 rings (SSSR count). The number of esters is 1. The van der Waals surface area contributed by atoms with Gasteiger partial charge in [0.1, 0.15) is 5.15 Å². The Hall–Kier alpha value is -2.47. The average molecular weight is 352 g/mol. The second kappa shape index (κ2) is 7.40. The van der Waals surface area contributed by atoms with E-state index in [0.717, 1.165) is 6.07 Å². The van der Waals surface area contributed by atoms with Crippen LogP contribution in [0.4, 0.5) is 4.39 Å². The number of ether oxygens (including phenoxy) is 2. The highest BCUT2D eigenvalue weighted by Crippen LogP contribution is 2.21. The third kappa shape index (κ3) is 3.89. The van der Waals surface area contributed by atoms with Crippen LogP contribution in [0, 0.1) is 19.7 Å². The molecule has 1 heterocycles. The highest BCUT2D eigenvalue weighted by molar-refractivity contribution is 6.32. The smallest absolute Gasteiger partial charge is 0.342 e. The van der Waals surface area contributed by atoms with Gasteiger partial charge in [-0.1, -0.05) is 11.6 Å². The molecule has 0 saturated carbocycles. The van der Waals surface area contributed by atoms with Crippen molar-refractivity contribution in [3.05, 3.63) is 57.6 Å². The highest BCUT2D eigenvalue weighted by atomic mass is 35.5. The summed E-state index contributed by atoms with van der Waals surface area (Å²) in [6.45, 7) is 2.90. The molecule has 0 radical (unpaired) electrons. The zero-order chi connectivity index (χ0) is 17.9. The third-order valence-corrected chi connectivity index (χ3v) is 3.59. The van der Waals surface area contributed by atoms with Crippen molar-refractivity contribution in [1.29, 1.82) is 0 Å². The summed E-state index contributed by atoms with van der Waals surface area (Å²) in [7, 11) is 1.32. The number of hydrogen-bond donors (Lipinski definition) is 0. The van der Waals surface area contributed by atoms with E-state index in [-0.39, 0.29) is 22.0 Å². The molecule has 0 saturated heterocycles. The number of nitrogens with zero attached hydrogens (tertiary/aromatic N) is 1. The number of pyridine rings is 1. The SMILES string of the molecule is COc1ccc(C(=O)COC(=O)c2c(C)cc(C)nc2Cl)cc1F. The van der Waals surface area contributed by atoms with Gasteiger partial charge in [-0.25, -0.2) is 14.2 Å². The van der Waals surface area contributed by atoms with Crippen molar-refractivity contribution in [2.24, 2.45) is 0 Å². The Morgan fingerprint density at radius 3 is 2.54 bits per heavy atom. The Balaban J connectivity index is 2.09. The molecule has 1 aromatic heterocycles. The lowest BCUT2D eigenvalue weighted by Gasteiger charge is -2.09. The van der Waals surface area contributed by atoms with Gasteiger partial charge >= 0.3 is 5.97 Å². The van der Waals surface area contributed by atoms with Crippen molar-refractivity contribution in [2.75, 3.05) is 13.7 Å². The van der Waals surface area contributed by atoms with Crippen LogP contribution in [0.2, 0.25) is 5.15 Å². The Morgan fingerprint density at radius 1 is 1.25 bits per heavy atom. The summed E-state index contributed by atoms with van der Waals surface area (Å²) in [5, 5.41) is 0.0143. The molecule has 126 valence electrons. The second-order valence-electron chi connectivity index (χ2n) is 5.09. The van der Waals surface area contributed by atoms with Gasteiger partial charge in [-0.3, -0.25) is 4.79 Å². The first kappa shape index (κ1) is 17.9. The van der Waals surface area contributed by atoms with Gasteiger partial charge in [0.15, 0.2) is 24.0 Å². The monoisotopic (exact) mass is 351 g/mol. The summed E-state index contributed by atoms with van der Waals surface area (Å²) < 4.78 is 23.4. The summed E-state index contributed by atoms with van der Waals surface area (Å²) in [6.07, 6.45) is 0. The molecular weight excluding hydrogens is 337 g/mol. The lowest BCUT2D eigenvalue weighted by atomic mass is 10.1. The molecule has 0 unspecified atom stereocenters. The number of Topliss-reactive ketones (excluding diaryl/α,β-unsaturated/α-hetero) is 1. The quantitative estimate of drug-likeness (QED) is 0.468. The van der Waals surface area contributed by atoms with Crippen LogP contribution in [-0.2, 0) is 4.74 Å². The molecule has 2 aromatic rings. The maximum Gasteiger partial charge on any atom is 0.342 e. The summed E-state index contributed by atoms with van der Waals surface area (Å²) in [5.74, 6) is -1.95. The van der Waals surface area contributed by atoms with E-state index in [2.05, 4.69) is 4.98 Å². The largest absolute Gasteiger partial charge is 0.494 e. The van der Waals surface area contributed by atoms with Crippen LogP contribution < -0.4 is 4.74 Å². The number of methoxy groups -OCH3 is 1. The molecule has 5 nitrogen and oxygen atoms in total. The van der Waals surface area contributed by atoms with Crippen LogP contribution in [0.5, 0.6) is 5.75 Å². The fraction of sp³-hybridized carbons (Fsp3) is 0.235. The zero-order valence-corrected chi connectivity index (χ0v) is 14.1. The number of hydrogen-bond acceptors (Lipinski definition) is 5. The van der Waals surface area contributed by atoms with Crippen LogP contribution >= 0.6 is 11.6 Å². The normalized spacial score (nSPS) is 10.4. The average Bonchev–Trinajstić information content (AvgIpc) is 2.51. The number of benzene rings is 1. The first-order chi connectivity index (χ1) is 11.3. The maximum atomic E-state index is 13.6. The molecule has 1 aromatic carbocycles. The van der Waals surface area contributed by atoms with Crippen LogP contribution in [0.1, 0.15) is 32.0 Å². The van der Waals surface area contributed by atoms with Gasteiger partial charge in [0.05, 0.1) is 12.7 Å². The third-order valence-electron chi connectivity index (χ3n) is 3.31. The maximum absolute atomic E-state index is 13.6. The Bertz CT molecular complexity index is 784. The standard InChI is InChI=1S/C17H15ClFNO4/c1-9-6-10(2)20-16(18)15(9)17(22)24-8-13(21)11-4-5-14(23-3)12(19)7-11/h4-7H,8H2,1-3H3. The van der Waals surface area contributed by atoms with Gasteiger partial charge < -0.3 is 9.47 Å². The first-order valence-electron chi connectivity index (χ1n) is 7.01. The van der Waals surface area contributed by atoms with Crippen molar-refractivity contribution in [2.45, 2.75) is 13.8 Å². The lowest BCUT2D eigenvalue weighted by molar-refractivity contribution is 0.0473. The van der Waals surface area contributed by atoms with Crippen molar-refractivity contribution >= 4 is 23.4 Å². The van der Waals surface area contributed by atoms with Crippen molar-refractivity contribution in [3.63, 3.8) is 0 Å². The lowest BCUT2D eigenvalue weighted by Crippen LogP contribution is -2.16. The molecule has 24 heavy (non-hydrogen) atoms. The number of aromatic nitrogens is 1. The molecule has 0 amide bonds. The molecule has 0 aliphatic carbocycles. The number of carbonyl (C=O) groups excluding carboxylic acids is 2. The number of aryl methyl sites for hydroxylation is 2. The molecule has 0 spiro atoms. The van der Waals surface area contributed by atoms with Crippen LogP contribution in [-0.4, -0.2) is 30.5 Å². The van der Waals surface area contributed by atoms with Gasteiger partial charge in [-0.15, -0.1) is 0 Å². The molecule has 0 atom stereocenters. The molecule has 0 aliphatic heterocycles. The molecule has 0 N–H and O–H groups in total. The molecule has 0 fully saturated rings. The van der Waals surface area contributed by atoms with Crippen LogP contribution in [0.3, 0.4) is 0 Å². The van der Waals surface area contributed by atoms with Crippen LogP contribution in [0.25, 0.3) is 0 Å². The summed E-state index contributed by atoms with van der Waals surface area (Å²) in [5.41, 5.74) is 1.45. The van der Waals surface area contributed by atoms with E-state index in [1.165, 1.54) is 19.2 Å². The van der Waals surface area contributed by atoms with E-state index >= 15 is 0 Å². The summed E-state index contributed by atoms with van der Waals surface area (Å²) in [4.78, 5) is 28.1. The molecule has 0 bridgehead atoms. The Labute approximate surface area is 143 Å². The number of halogens is 2. The van der Waals surface area contributed by atoms with E-state index in [1.54, 1.807) is 19.9 Å². The van der Waals surface area contributed by atoms with Crippen molar-refractivity contribution < 1.29 is 23.5 Å². The van der Waals surface area contributed by atoms with Gasteiger partial charge in [0, 0.05) is 11.3 Å². The predicted molar refractivity (Wildman–Crippen MR) is 86.3 cm³/mol. The van der Waals surface area contributed by atoms with Gasteiger partial charge in [0.25, 0.3) is 0 Å². The highest BCUT2D eigenvalue weighted by Gasteiger charge is 2.19. The number of ketones is 1. The summed E-state index contributed by atoms with van der Waals surface area (Å²) >= 11 is 5.96. The second-order valence-corrected chi connectivity index (χ2v) is 5.45. The van der Waals surface area contributed by atoms with Crippen LogP contribution in [0.15, 0.2) is 24.3 Å². The zero-order valence-electron chi connectivity index (χ0n) is 13.4. The summed E-state index contributed by atoms with van der Waals surface area (Å²) in [6, 6.07) is 5.43. The predicted octanol–water partition coefficient (Wildman–Crippen LogP) is 3.54. The van der Waals surface area contributed by atoms with E-state index in [4.69, 9.17) is 21.1 Å². The van der Waals surface area contributed by atoms with Gasteiger partial charge in [0.2, 0.25) is 0 Å². The van der Waals surface area contributed by atoms with E-state index in [0.29, 0.717) is 11.3 Å². The number of carbonyl (C=O) groups is 2. The number of rotatable bonds is 5. The Morgan fingerprint density at radius 2 is 1.96 bits per heavy atom. The molecule has 0 aliphatic rings. The first-order valence-corrected chi connectivity index (χ1v) is 7.39. The van der Waals surface area contributed by atoms with Gasteiger partial charge in [-0.2, -0.15) is 0 Å². The van der Waals surface area contributed by atoms with Crippen molar-refractivity contribution in [3.8, 4) is 5.75 Å². The van der Waals surface area contributed by atoms with Crippen molar-refractivity contribution in [1.82, 2.24) is 4.98 Å². The van der Waals surface area contributed by atoms with E-state index < -0.39 is 24.2 Å². The fourth-order valence-electron chi connectivity index (χ4n) is 2.16. The van der Waals surface area contributed by atoms with E-state index in [1.807, 2.05) is 0 Å². The Kier molecular flexibility index (Phi) is 5.51. The minimum atomic E-state index is -0.757. The van der Waals surface area contributed by atoms with E-state index in [9.17, 15) is 14.0 Å². The minimum absolute atomic E-state index is 0.0143. The van der Waals surface area contributed by atoms with Gasteiger partial charge in [-0.05, 0) is 43.7 Å². The fourth-order valence-corrected chi connectivity index (χ4v) is 2.52.